The van der Waals surface area contributed by atoms with E-state index in [1.165, 1.54) is 0 Å². The van der Waals surface area contributed by atoms with Gasteiger partial charge in [0, 0.05) is 12.1 Å². The van der Waals surface area contributed by atoms with Gasteiger partial charge in [-0.25, -0.2) is 8.78 Å². The fraction of sp³-hybridized carbons (Fsp3) is 0.462. The number of nitrogens with one attached hydrogen (secondary N) is 1. The Balaban J connectivity index is 2.71. The van der Waals surface area contributed by atoms with Gasteiger partial charge in [0.05, 0.1) is 5.54 Å². The maximum atomic E-state index is 13.3. The average molecular weight is 256 g/mol. The summed E-state index contributed by atoms with van der Waals surface area (Å²) < 4.78 is 26.3. The van der Waals surface area contributed by atoms with Gasteiger partial charge in [0.1, 0.15) is 11.6 Å². The van der Waals surface area contributed by atoms with Crippen molar-refractivity contribution in [1.82, 2.24) is 5.32 Å². The number of carbonyl (C=O) groups excluding carboxylic acids is 1. The second-order valence-electron chi connectivity index (χ2n) is 4.28. The van der Waals surface area contributed by atoms with Gasteiger partial charge in [-0.05, 0) is 31.0 Å². The number of hydrogen-bond donors (Lipinski definition) is 2. The fourth-order valence-corrected chi connectivity index (χ4v) is 1.60. The summed E-state index contributed by atoms with van der Waals surface area (Å²) in [5, 5.41) is 2.54. The third kappa shape index (κ3) is 3.26. The minimum atomic E-state index is -0.955. The van der Waals surface area contributed by atoms with Crippen LogP contribution in [0.1, 0.15) is 32.3 Å². The number of benzene rings is 1. The van der Waals surface area contributed by atoms with Crippen LogP contribution in [-0.2, 0) is 11.3 Å². The summed E-state index contributed by atoms with van der Waals surface area (Å²) in [5.74, 6) is -1.44. The van der Waals surface area contributed by atoms with Crippen LogP contribution in [0.4, 0.5) is 8.78 Å². The molecule has 0 bridgehead atoms. The lowest BCUT2D eigenvalue weighted by molar-refractivity contribution is -0.126. The van der Waals surface area contributed by atoms with Crippen molar-refractivity contribution < 1.29 is 13.6 Å². The Morgan fingerprint density at radius 3 is 2.50 bits per heavy atom. The van der Waals surface area contributed by atoms with E-state index >= 15 is 0 Å². The molecule has 3 N–H and O–H groups in total. The van der Waals surface area contributed by atoms with Crippen LogP contribution in [0, 0.1) is 11.6 Å². The molecular formula is C13H18F2N2O. The molecule has 0 aliphatic rings. The lowest BCUT2D eigenvalue weighted by atomic mass is 9.93. The normalized spacial score (nSPS) is 11.4. The minimum Gasteiger partial charge on any atom is -0.350 e. The maximum absolute atomic E-state index is 13.3. The molecule has 0 spiro atoms. The van der Waals surface area contributed by atoms with Gasteiger partial charge in [-0.1, -0.05) is 13.8 Å². The molecule has 0 saturated heterocycles. The molecule has 0 heterocycles. The van der Waals surface area contributed by atoms with Gasteiger partial charge < -0.3 is 11.1 Å². The number of carbonyl (C=O) groups is 1. The van der Waals surface area contributed by atoms with Gasteiger partial charge in [0.25, 0.3) is 0 Å². The van der Waals surface area contributed by atoms with E-state index < -0.39 is 17.2 Å². The Morgan fingerprint density at radius 2 is 1.94 bits per heavy atom. The largest absolute Gasteiger partial charge is 0.350 e. The first-order valence-electron chi connectivity index (χ1n) is 5.94. The molecule has 0 unspecified atom stereocenters. The number of nitrogens with two attached hydrogens (primary N) is 1. The van der Waals surface area contributed by atoms with Crippen LogP contribution >= 0.6 is 0 Å². The zero-order valence-corrected chi connectivity index (χ0v) is 10.6. The second kappa shape index (κ2) is 5.91. The molecule has 0 aliphatic heterocycles. The van der Waals surface area contributed by atoms with Crippen molar-refractivity contribution in [1.29, 1.82) is 0 Å². The highest BCUT2D eigenvalue weighted by Gasteiger charge is 2.29. The maximum Gasteiger partial charge on any atom is 0.240 e. The second-order valence-corrected chi connectivity index (χ2v) is 4.28. The molecule has 1 amide bonds. The van der Waals surface area contributed by atoms with Crippen molar-refractivity contribution in [3.8, 4) is 0 Å². The Labute approximate surface area is 105 Å². The average Bonchev–Trinajstić information content (AvgIpc) is 2.38. The van der Waals surface area contributed by atoms with Crippen molar-refractivity contribution in [3.05, 3.63) is 35.4 Å². The first-order chi connectivity index (χ1) is 8.42. The first-order valence-corrected chi connectivity index (χ1v) is 5.94. The smallest absolute Gasteiger partial charge is 0.240 e. The van der Waals surface area contributed by atoms with Gasteiger partial charge in [0.15, 0.2) is 0 Å². The van der Waals surface area contributed by atoms with E-state index in [9.17, 15) is 13.6 Å². The lowest BCUT2D eigenvalue weighted by Gasteiger charge is -2.25. The van der Waals surface area contributed by atoms with Gasteiger partial charge in [0.2, 0.25) is 5.91 Å². The third-order valence-corrected chi connectivity index (χ3v) is 3.16. The number of hydrogen-bond acceptors (Lipinski definition) is 2. The number of halogens is 2. The third-order valence-electron chi connectivity index (χ3n) is 3.16. The van der Waals surface area contributed by atoms with E-state index in [1.807, 2.05) is 13.8 Å². The standard InChI is InChI=1S/C13H18F2N2O/c1-3-13(16,4-2)12(18)17-8-9-7-10(14)5-6-11(9)15/h5-7H,3-4,8,16H2,1-2H3,(H,17,18). The van der Waals surface area contributed by atoms with E-state index in [2.05, 4.69) is 5.32 Å². The minimum absolute atomic E-state index is 0.0681. The molecule has 5 heteroatoms. The Bertz CT molecular complexity index is 431. The molecular weight excluding hydrogens is 238 g/mol. The zero-order chi connectivity index (χ0) is 13.8. The Hall–Kier alpha value is -1.49. The summed E-state index contributed by atoms with van der Waals surface area (Å²) in [6.45, 7) is 3.55. The van der Waals surface area contributed by atoms with Crippen LogP contribution in [0.3, 0.4) is 0 Å². The summed E-state index contributed by atoms with van der Waals surface area (Å²) in [6, 6.07) is 3.13. The molecule has 1 aromatic rings. The summed E-state index contributed by atoms with van der Waals surface area (Å²) in [6.07, 6.45) is 0.974. The lowest BCUT2D eigenvalue weighted by Crippen LogP contribution is -2.52. The van der Waals surface area contributed by atoms with Gasteiger partial charge in [-0.15, -0.1) is 0 Å². The monoisotopic (exact) mass is 256 g/mol. The van der Waals surface area contributed by atoms with Crippen molar-refractivity contribution in [2.75, 3.05) is 0 Å². The van der Waals surface area contributed by atoms with Crippen LogP contribution in [0.5, 0.6) is 0 Å². The highest BCUT2D eigenvalue weighted by Crippen LogP contribution is 2.13. The quantitative estimate of drug-likeness (QED) is 0.847. The number of rotatable bonds is 5. The van der Waals surface area contributed by atoms with Crippen LogP contribution in [0.15, 0.2) is 18.2 Å². The van der Waals surface area contributed by atoms with Gasteiger partial charge in [-0.2, -0.15) is 0 Å². The van der Waals surface area contributed by atoms with Crippen LogP contribution in [-0.4, -0.2) is 11.4 Å². The fourth-order valence-electron chi connectivity index (χ4n) is 1.60. The summed E-state index contributed by atoms with van der Waals surface area (Å²) in [4.78, 5) is 11.8. The van der Waals surface area contributed by atoms with Gasteiger partial charge in [-0.3, -0.25) is 4.79 Å². The summed E-state index contributed by atoms with van der Waals surface area (Å²) >= 11 is 0. The Kier molecular flexibility index (Phi) is 4.78. The summed E-state index contributed by atoms with van der Waals surface area (Å²) in [5.41, 5.74) is 5.05. The van der Waals surface area contributed by atoms with E-state index in [0.717, 1.165) is 18.2 Å². The van der Waals surface area contributed by atoms with Crippen LogP contribution in [0.2, 0.25) is 0 Å². The molecule has 1 aromatic carbocycles. The van der Waals surface area contributed by atoms with Crippen LogP contribution < -0.4 is 11.1 Å². The van der Waals surface area contributed by atoms with E-state index in [-0.39, 0.29) is 18.0 Å². The Morgan fingerprint density at radius 1 is 1.33 bits per heavy atom. The van der Waals surface area contributed by atoms with Crippen molar-refractivity contribution >= 4 is 5.91 Å². The van der Waals surface area contributed by atoms with E-state index in [0.29, 0.717) is 12.8 Å². The van der Waals surface area contributed by atoms with E-state index in [1.54, 1.807) is 0 Å². The molecule has 3 nitrogen and oxygen atoms in total. The zero-order valence-electron chi connectivity index (χ0n) is 10.6. The molecule has 18 heavy (non-hydrogen) atoms. The SMILES string of the molecule is CCC(N)(CC)C(=O)NCc1cc(F)ccc1F. The topological polar surface area (TPSA) is 55.1 Å². The van der Waals surface area contributed by atoms with Gasteiger partial charge >= 0.3 is 0 Å². The molecule has 100 valence electrons. The summed E-state index contributed by atoms with van der Waals surface area (Å²) in [7, 11) is 0. The van der Waals surface area contributed by atoms with Crippen molar-refractivity contribution in [2.24, 2.45) is 5.73 Å². The predicted molar refractivity (Wildman–Crippen MR) is 65.7 cm³/mol. The molecule has 0 fully saturated rings. The molecule has 1 rings (SSSR count). The van der Waals surface area contributed by atoms with Crippen molar-refractivity contribution in [3.63, 3.8) is 0 Å². The number of amides is 1. The highest BCUT2D eigenvalue weighted by molar-refractivity contribution is 5.85. The predicted octanol–water partition coefficient (Wildman–Crippen LogP) is 2.10. The molecule has 0 saturated carbocycles. The van der Waals surface area contributed by atoms with Crippen molar-refractivity contribution in [2.45, 2.75) is 38.8 Å². The first kappa shape index (κ1) is 14.6. The molecule has 0 aliphatic carbocycles. The highest BCUT2D eigenvalue weighted by atomic mass is 19.1. The molecule has 0 radical (unpaired) electrons. The molecule has 0 atom stereocenters. The molecule has 0 aromatic heterocycles. The van der Waals surface area contributed by atoms with Crippen LogP contribution in [0.25, 0.3) is 0 Å². The van der Waals surface area contributed by atoms with E-state index in [4.69, 9.17) is 5.73 Å².